The lowest BCUT2D eigenvalue weighted by Crippen LogP contribution is -2.72. The topological polar surface area (TPSA) is 66.5 Å². The van der Waals surface area contributed by atoms with Crippen LogP contribution in [-0.4, -0.2) is 28.3 Å². The number of carbonyl (C=O) groups excluding carboxylic acids is 3. The summed E-state index contributed by atoms with van der Waals surface area (Å²) in [6.45, 7) is 2.00. The van der Waals surface area contributed by atoms with Crippen molar-refractivity contribution in [3.8, 4) is 0 Å². The van der Waals surface area contributed by atoms with Gasteiger partial charge in [-0.2, -0.15) is 0 Å². The number of hydrogen-bond donors (Lipinski definition) is 1. The van der Waals surface area contributed by atoms with Crippen molar-refractivity contribution < 1.29 is 14.4 Å². The monoisotopic (exact) mass is 250 g/mol. The van der Waals surface area contributed by atoms with Gasteiger partial charge in [-0.25, -0.2) is 4.79 Å². The summed E-state index contributed by atoms with van der Waals surface area (Å²) in [7, 11) is 0. The summed E-state index contributed by atoms with van der Waals surface area (Å²) >= 11 is 0. The van der Waals surface area contributed by atoms with E-state index < -0.39 is 11.4 Å². The Bertz CT molecular complexity index is 430. The number of imide groups is 2. The molecule has 3 aliphatic rings. The number of urea groups is 1. The smallest absolute Gasteiger partial charge is 0.277 e. The molecule has 3 fully saturated rings. The van der Waals surface area contributed by atoms with Crippen molar-refractivity contribution >= 4 is 17.8 Å². The van der Waals surface area contributed by atoms with Gasteiger partial charge in [0.15, 0.2) is 0 Å². The van der Waals surface area contributed by atoms with E-state index in [9.17, 15) is 14.4 Å². The minimum Gasteiger partial charge on any atom is -0.277 e. The van der Waals surface area contributed by atoms with E-state index in [1.165, 1.54) is 4.90 Å². The zero-order chi connectivity index (χ0) is 13.0. The van der Waals surface area contributed by atoms with Crippen molar-refractivity contribution in [1.82, 2.24) is 10.2 Å². The molecule has 1 heterocycles. The van der Waals surface area contributed by atoms with Crippen LogP contribution in [0.1, 0.15) is 51.9 Å². The van der Waals surface area contributed by atoms with Gasteiger partial charge in [-0.15, -0.1) is 0 Å². The largest absolute Gasteiger partial charge is 0.331 e. The van der Waals surface area contributed by atoms with Crippen LogP contribution in [0.2, 0.25) is 0 Å². The van der Waals surface area contributed by atoms with Crippen molar-refractivity contribution in [2.45, 2.75) is 57.4 Å². The Morgan fingerprint density at radius 1 is 1.11 bits per heavy atom. The number of nitrogens with one attached hydrogen (secondary N) is 1. The van der Waals surface area contributed by atoms with Crippen LogP contribution in [0.4, 0.5) is 4.79 Å². The van der Waals surface area contributed by atoms with Gasteiger partial charge in [-0.3, -0.25) is 19.8 Å². The molecule has 5 nitrogen and oxygen atoms in total. The van der Waals surface area contributed by atoms with E-state index in [1.807, 2.05) is 6.92 Å². The second-order valence-electron chi connectivity index (χ2n) is 5.77. The number of hydrogen-bond acceptors (Lipinski definition) is 3. The van der Waals surface area contributed by atoms with Crippen LogP contribution < -0.4 is 5.32 Å². The summed E-state index contributed by atoms with van der Waals surface area (Å²) in [6, 6.07) is -0.510. The number of amides is 4. The van der Waals surface area contributed by atoms with E-state index in [4.69, 9.17) is 0 Å². The molecule has 0 aromatic heterocycles. The molecule has 18 heavy (non-hydrogen) atoms. The molecule has 0 bridgehead atoms. The molecule has 5 heteroatoms. The minimum absolute atomic E-state index is 0.246. The summed E-state index contributed by atoms with van der Waals surface area (Å²) in [5.74, 6) is -0.630. The zero-order valence-electron chi connectivity index (χ0n) is 10.6. The van der Waals surface area contributed by atoms with Gasteiger partial charge in [-0.05, 0) is 38.5 Å². The lowest BCUT2D eigenvalue weighted by Gasteiger charge is -2.54. The van der Waals surface area contributed by atoms with Crippen molar-refractivity contribution in [2.75, 3.05) is 0 Å². The van der Waals surface area contributed by atoms with Crippen LogP contribution in [0.3, 0.4) is 0 Å². The van der Waals surface area contributed by atoms with Crippen molar-refractivity contribution in [2.24, 2.45) is 5.41 Å². The van der Waals surface area contributed by atoms with Gasteiger partial charge in [0.2, 0.25) is 11.8 Å². The summed E-state index contributed by atoms with van der Waals surface area (Å²) < 4.78 is 0. The molecular weight excluding hydrogens is 232 g/mol. The Kier molecular flexibility index (Phi) is 2.31. The van der Waals surface area contributed by atoms with Crippen molar-refractivity contribution in [3.05, 3.63) is 0 Å². The Balaban J connectivity index is 1.96. The van der Waals surface area contributed by atoms with E-state index in [2.05, 4.69) is 5.32 Å². The summed E-state index contributed by atoms with van der Waals surface area (Å²) in [6.07, 6.45) is 5.62. The summed E-state index contributed by atoms with van der Waals surface area (Å²) in [4.78, 5) is 37.9. The second-order valence-corrected chi connectivity index (χ2v) is 5.77. The van der Waals surface area contributed by atoms with Crippen LogP contribution in [-0.2, 0) is 9.59 Å². The predicted octanol–water partition coefficient (Wildman–Crippen LogP) is 1.57. The van der Waals surface area contributed by atoms with Crippen LogP contribution in [0.25, 0.3) is 0 Å². The lowest BCUT2D eigenvalue weighted by molar-refractivity contribution is -0.164. The average Bonchev–Trinajstić information content (AvgIpc) is 2.19. The van der Waals surface area contributed by atoms with Gasteiger partial charge < -0.3 is 0 Å². The van der Waals surface area contributed by atoms with Gasteiger partial charge in [0.25, 0.3) is 0 Å². The van der Waals surface area contributed by atoms with Crippen molar-refractivity contribution in [1.29, 1.82) is 0 Å². The molecule has 0 aromatic rings. The van der Waals surface area contributed by atoms with Crippen LogP contribution in [0.5, 0.6) is 0 Å². The highest BCUT2D eigenvalue weighted by Crippen LogP contribution is 2.49. The van der Waals surface area contributed by atoms with Gasteiger partial charge in [0.1, 0.15) is 5.41 Å². The quantitative estimate of drug-likeness (QED) is 0.756. The standard InChI is InChI=1S/C13H18N2O3/c1-2-12(5-3-6-12)15-10(17)13(7-4-8-13)9(16)14-11(15)18/h2-8H2,1H3,(H,14,16,18). The zero-order valence-corrected chi connectivity index (χ0v) is 10.6. The molecule has 1 spiro atoms. The third kappa shape index (κ3) is 1.19. The Morgan fingerprint density at radius 3 is 2.11 bits per heavy atom. The Hall–Kier alpha value is -1.39. The fourth-order valence-electron chi connectivity index (χ4n) is 3.40. The first-order valence-corrected chi connectivity index (χ1v) is 6.76. The van der Waals surface area contributed by atoms with Crippen molar-refractivity contribution in [3.63, 3.8) is 0 Å². The second kappa shape index (κ2) is 3.56. The molecule has 0 aromatic carbocycles. The maximum absolute atomic E-state index is 12.6. The fourth-order valence-corrected chi connectivity index (χ4v) is 3.40. The Morgan fingerprint density at radius 2 is 1.72 bits per heavy atom. The first kappa shape index (κ1) is 11.7. The molecule has 3 rings (SSSR count). The molecule has 1 N–H and O–H groups in total. The van der Waals surface area contributed by atoms with E-state index in [0.29, 0.717) is 12.8 Å². The number of rotatable bonds is 2. The number of barbiturate groups is 1. The minimum atomic E-state index is -0.925. The molecule has 98 valence electrons. The van der Waals surface area contributed by atoms with Crippen LogP contribution in [0, 0.1) is 5.41 Å². The van der Waals surface area contributed by atoms with Gasteiger partial charge in [0, 0.05) is 0 Å². The summed E-state index contributed by atoms with van der Waals surface area (Å²) in [5, 5.41) is 2.39. The molecule has 1 aliphatic heterocycles. The Labute approximate surface area is 106 Å². The molecule has 2 saturated carbocycles. The maximum atomic E-state index is 12.6. The lowest BCUT2D eigenvalue weighted by atomic mass is 9.64. The SMILES string of the molecule is CCC1(N2C(=O)NC(=O)C3(CCC3)C2=O)CCC1. The first-order chi connectivity index (χ1) is 8.56. The van der Waals surface area contributed by atoms with Crippen LogP contribution >= 0.6 is 0 Å². The predicted molar refractivity (Wildman–Crippen MR) is 63.5 cm³/mol. The average molecular weight is 250 g/mol. The highest BCUT2D eigenvalue weighted by molar-refractivity contribution is 6.20. The highest BCUT2D eigenvalue weighted by atomic mass is 16.2. The van der Waals surface area contributed by atoms with E-state index in [-0.39, 0.29) is 17.4 Å². The van der Waals surface area contributed by atoms with Gasteiger partial charge in [-0.1, -0.05) is 13.3 Å². The fraction of sp³-hybridized carbons (Fsp3) is 0.769. The third-order valence-electron chi connectivity index (χ3n) is 5.09. The first-order valence-electron chi connectivity index (χ1n) is 6.76. The molecule has 0 unspecified atom stereocenters. The van der Waals surface area contributed by atoms with E-state index in [0.717, 1.165) is 32.1 Å². The molecule has 4 amide bonds. The molecule has 2 aliphatic carbocycles. The summed E-state index contributed by atoms with van der Waals surface area (Å²) in [5.41, 5.74) is -1.25. The van der Waals surface area contributed by atoms with Gasteiger partial charge in [0.05, 0.1) is 5.54 Å². The molecule has 0 atom stereocenters. The normalized spacial score (nSPS) is 28.7. The van der Waals surface area contributed by atoms with Crippen LogP contribution in [0.15, 0.2) is 0 Å². The molecular formula is C13H18N2O3. The van der Waals surface area contributed by atoms with Gasteiger partial charge >= 0.3 is 6.03 Å². The molecule has 1 saturated heterocycles. The number of nitrogens with zero attached hydrogens (tertiary/aromatic N) is 1. The highest BCUT2D eigenvalue weighted by Gasteiger charge is 2.61. The molecule has 0 radical (unpaired) electrons. The number of carbonyl (C=O) groups is 3. The maximum Gasteiger partial charge on any atom is 0.331 e. The van der Waals surface area contributed by atoms with E-state index >= 15 is 0 Å². The third-order valence-corrected chi connectivity index (χ3v) is 5.09. The van der Waals surface area contributed by atoms with E-state index in [1.54, 1.807) is 0 Å².